The standard InChI is InChI=1S/C30H42FN5O4S4/c1-15-21(24(30(43,44)27(41)42)36(35-15)20-7-5-6-14-39-20)18-12-13-19(32-25(18)31)33-26(37)23(34-28(38)40-29(2,3)4)22(16-8-9-16)17-10-11-17/h12-13,16-17,20,22-23,27,41-44H,5-11,14H2,1-4H3,(H,34,38)(H,32,33,37)/t20?,23-/m0/s1. The van der Waals surface area contributed by atoms with Crippen LogP contribution in [0.1, 0.15) is 83.3 Å². The Kier molecular flexibility index (Phi) is 10.2. The average molecular weight is 684 g/mol. The fraction of sp³-hybridized carbons (Fsp3) is 0.667. The molecule has 3 fully saturated rings. The van der Waals surface area contributed by atoms with Gasteiger partial charge in [-0.2, -0.15) is 60.0 Å². The first-order chi connectivity index (χ1) is 20.7. The number of hydrogen-bond acceptors (Lipinski definition) is 10. The van der Waals surface area contributed by atoms with Gasteiger partial charge >= 0.3 is 6.09 Å². The molecule has 1 aliphatic heterocycles. The van der Waals surface area contributed by atoms with Crippen LogP contribution in [0.4, 0.5) is 15.0 Å². The highest BCUT2D eigenvalue weighted by molar-refractivity contribution is 8.06. The van der Waals surface area contributed by atoms with Crippen molar-refractivity contribution in [1.82, 2.24) is 20.1 Å². The highest BCUT2D eigenvalue weighted by atomic mass is 32.2. The first kappa shape index (κ1) is 33.7. The predicted molar refractivity (Wildman–Crippen MR) is 181 cm³/mol. The number of carbonyl (C=O) groups is 2. The third-order valence-corrected chi connectivity index (χ3v) is 10.8. The van der Waals surface area contributed by atoms with Crippen LogP contribution in [-0.4, -0.2) is 49.6 Å². The Morgan fingerprint density at radius 1 is 1.09 bits per heavy atom. The zero-order chi connectivity index (χ0) is 32.0. The van der Waals surface area contributed by atoms with Crippen molar-refractivity contribution in [2.75, 3.05) is 11.9 Å². The summed E-state index contributed by atoms with van der Waals surface area (Å²) in [5.74, 6) is -0.520. The van der Waals surface area contributed by atoms with Crippen LogP contribution in [0, 0.1) is 30.6 Å². The normalized spacial score (nSPS) is 20.1. The van der Waals surface area contributed by atoms with Gasteiger partial charge in [-0.05, 0) is 103 Å². The number of aromatic nitrogens is 3. The van der Waals surface area contributed by atoms with Crippen molar-refractivity contribution in [2.24, 2.45) is 17.8 Å². The van der Waals surface area contributed by atoms with Crippen molar-refractivity contribution < 1.29 is 23.5 Å². The minimum absolute atomic E-state index is 0.0148. The van der Waals surface area contributed by atoms with Crippen molar-refractivity contribution in [1.29, 1.82) is 0 Å². The molecule has 9 nitrogen and oxygen atoms in total. The van der Waals surface area contributed by atoms with Gasteiger partial charge in [0.2, 0.25) is 11.9 Å². The number of hydrogen-bond donors (Lipinski definition) is 6. The molecule has 2 aromatic heterocycles. The van der Waals surface area contributed by atoms with E-state index in [4.69, 9.17) is 39.8 Å². The Morgan fingerprint density at radius 2 is 1.75 bits per heavy atom. The SMILES string of the molecule is Cc1nn(C2CCCCO2)c(C(S)(S)C(S)S)c1-c1ccc(NC(=O)[C@@H](NC(=O)OC(C)(C)C)C(C2CC2)C2CC2)nc1F. The van der Waals surface area contributed by atoms with E-state index < -0.39 is 38.3 Å². The summed E-state index contributed by atoms with van der Waals surface area (Å²) in [6.45, 7) is 7.68. The van der Waals surface area contributed by atoms with Gasteiger partial charge in [-0.3, -0.25) is 4.79 Å². The molecule has 0 spiro atoms. The van der Waals surface area contributed by atoms with Crippen LogP contribution in [0.3, 0.4) is 0 Å². The molecule has 2 atom stereocenters. The summed E-state index contributed by atoms with van der Waals surface area (Å²) in [4.78, 5) is 30.5. The lowest BCUT2D eigenvalue weighted by Gasteiger charge is -2.32. The van der Waals surface area contributed by atoms with Gasteiger partial charge < -0.3 is 20.1 Å². The van der Waals surface area contributed by atoms with Crippen LogP contribution >= 0.6 is 50.5 Å². The van der Waals surface area contributed by atoms with Gasteiger partial charge in [0.05, 0.1) is 16.0 Å². The van der Waals surface area contributed by atoms with Gasteiger partial charge in [-0.1, -0.05) is 0 Å². The maximum atomic E-state index is 15.9. The van der Waals surface area contributed by atoms with Gasteiger partial charge in [0.25, 0.3) is 0 Å². The predicted octanol–water partition coefficient (Wildman–Crippen LogP) is 6.56. The Labute approximate surface area is 280 Å². The number of rotatable bonds is 10. The van der Waals surface area contributed by atoms with E-state index in [0.29, 0.717) is 35.4 Å². The first-order valence-electron chi connectivity index (χ1n) is 15.2. The molecule has 44 heavy (non-hydrogen) atoms. The summed E-state index contributed by atoms with van der Waals surface area (Å²) in [6.07, 6.45) is 5.70. The minimum atomic E-state index is -1.22. The molecule has 14 heteroatoms. The number of thiol groups is 4. The molecule has 1 unspecified atom stereocenters. The highest BCUT2D eigenvalue weighted by Gasteiger charge is 2.49. The van der Waals surface area contributed by atoms with E-state index in [0.717, 1.165) is 44.9 Å². The molecule has 1 saturated heterocycles. The molecule has 0 radical (unpaired) electrons. The third-order valence-electron chi connectivity index (χ3n) is 8.26. The van der Waals surface area contributed by atoms with Gasteiger partial charge in [0, 0.05) is 17.7 Å². The van der Waals surface area contributed by atoms with E-state index in [1.165, 1.54) is 0 Å². The van der Waals surface area contributed by atoms with E-state index in [9.17, 15) is 9.59 Å². The second-order valence-electron chi connectivity index (χ2n) is 13.1. The number of alkyl carbamates (subject to hydrolysis) is 1. The van der Waals surface area contributed by atoms with Crippen LogP contribution in [0.5, 0.6) is 0 Å². The smallest absolute Gasteiger partial charge is 0.408 e. The van der Waals surface area contributed by atoms with Crippen molar-refractivity contribution >= 4 is 68.3 Å². The number of nitrogens with zero attached hydrogens (tertiary/aromatic N) is 3. The van der Waals surface area contributed by atoms with Crippen molar-refractivity contribution in [2.45, 2.75) is 99.2 Å². The number of amides is 2. The highest BCUT2D eigenvalue weighted by Crippen LogP contribution is 2.51. The molecule has 2 aliphatic carbocycles. The number of nitrogens with one attached hydrogen (secondary N) is 2. The van der Waals surface area contributed by atoms with E-state index >= 15 is 4.39 Å². The van der Waals surface area contributed by atoms with E-state index in [2.05, 4.69) is 40.9 Å². The van der Waals surface area contributed by atoms with Crippen LogP contribution in [0.25, 0.3) is 11.1 Å². The summed E-state index contributed by atoms with van der Waals surface area (Å²) in [5.41, 5.74) is 0.960. The van der Waals surface area contributed by atoms with E-state index in [-0.39, 0.29) is 23.5 Å². The average Bonchev–Trinajstić information content (AvgIpc) is 3.87. The minimum Gasteiger partial charge on any atom is -0.444 e. The zero-order valence-electron chi connectivity index (χ0n) is 25.4. The number of anilines is 1. The Morgan fingerprint density at radius 3 is 2.27 bits per heavy atom. The fourth-order valence-electron chi connectivity index (χ4n) is 6.03. The Hall–Kier alpha value is -1.61. The summed E-state index contributed by atoms with van der Waals surface area (Å²) in [5, 5.41) is 10.3. The molecular weight excluding hydrogens is 642 g/mol. The molecule has 2 N–H and O–H groups in total. The lowest BCUT2D eigenvalue weighted by atomic mass is 9.89. The molecule has 2 aromatic rings. The largest absolute Gasteiger partial charge is 0.444 e. The van der Waals surface area contributed by atoms with Gasteiger partial charge in [-0.25, -0.2) is 14.5 Å². The molecule has 2 amide bonds. The number of carbonyl (C=O) groups excluding carboxylic acids is 2. The number of halogens is 1. The number of aryl methyl sites for hydroxylation is 1. The number of ether oxygens (including phenoxy) is 2. The summed E-state index contributed by atoms with van der Waals surface area (Å²) < 4.78 is 27.2. The quantitative estimate of drug-likeness (QED) is 0.0963. The first-order valence-corrected chi connectivity index (χ1v) is 17.1. The van der Waals surface area contributed by atoms with Crippen molar-refractivity contribution in [3.8, 4) is 11.1 Å². The lowest BCUT2D eigenvalue weighted by Crippen LogP contribution is -2.51. The molecule has 3 heterocycles. The molecule has 0 aromatic carbocycles. The Balaban J connectivity index is 1.44. The van der Waals surface area contributed by atoms with Gasteiger partial charge in [-0.15, -0.1) is 0 Å². The molecule has 242 valence electrons. The fourth-order valence-corrected chi connectivity index (χ4v) is 6.70. The van der Waals surface area contributed by atoms with Crippen molar-refractivity contribution in [3.63, 3.8) is 0 Å². The van der Waals surface area contributed by atoms with E-state index in [1.807, 2.05) is 0 Å². The van der Waals surface area contributed by atoms with E-state index in [1.54, 1.807) is 44.5 Å². The maximum absolute atomic E-state index is 15.9. The zero-order valence-corrected chi connectivity index (χ0v) is 29.0. The summed E-state index contributed by atoms with van der Waals surface area (Å²) >= 11 is 18.6. The van der Waals surface area contributed by atoms with Crippen molar-refractivity contribution in [3.05, 3.63) is 29.5 Å². The van der Waals surface area contributed by atoms with Crippen LogP contribution in [0.15, 0.2) is 12.1 Å². The van der Waals surface area contributed by atoms with Crippen LogP contribution in [-0.2, 0) is 18.3 Å². The summed E-state index contributed by atoms with van der Waals surface area (Å²) in [7, 11) is 0. The second-order valence-corrected chi connectivity index (χ2v) is 16.3. The summed E-state index contributed by atoms with van der Waals surface area (Å²) in [6, 6.07) is 2.27. The lowest BCUT2D eigenvalue weighted by molar-refractivity contribution is -0.120. The van der Waals surface area contributed by atoms with Crippen LogP contribution in [0.2, 0.25) is 0 Å². The Bertz CT molecular complexity index is 1370. The topological polar surface area (TPSA) is 107 Å². The molecule has 0 bridgehead atoms. The molecular formula is C30H42FN5O4S4. The molecule has 3 aliphatic rings. The number of pyridine rings is 1. The second kappa shape index (κ2) is 13.2. The van der Waals surface area contributed by atoms with Gasteiger partial charge in [0.1, 0.15) is 21.5 Å². The third kappa shape index (κ3) is 7.67. The van der Waals surface area contributed by atoms with Crippen LogP contribution < -0.4 is 10.6 Å². The molecule has 5 rings (SSSR count). The monoisotopic (exact) mass is 683 g/mol. The molecule has 2 saturated carbocycles. The van der Waals surface area contributed by atoms with Gasteiger partial charge in [0.15, 0.2) is 6.23 Å². The maximum Gasteiger partial charge on any atom is 0.408 e.